The number of rotatable bonds is 3. The third kappa shape index (κ3) is 3.03. The van der Waals surface area contributed by atoms with Crippen LogP contribution in [0.1, 0.15) is 40.2 Å². The average Bonchev–Trinajstić information content (AvgIpc) is 3.04. The molecule has 2 heterocycles. The average molecular weight is 335 g/mol. The molecule has 1 amide bonds. The number of aryl methyl sites for hydroxylation is 2. The lowest BCUT2D eigenvalue weighted by molar-refractivity contribution is 0.0897. The van der Waals surface area contributed by atoms with Gasteiger partial charge in [0.1, 0.15) is 0 Å². The molecule has 1 aliphatic heterocycles. The fourth-order valence-electron chi connectivity index (χ4n) is 3.26. The summed E-state index contributed by atoms with van der Waals surface area (Å²) in [5.74, 6) is -1.50. The topological polar surface area (TPSA) is 58.4 Å². The Morgan fingerprint density at radius 2 is 2.08 bits per heavy atom. The number of carbonyl (C=O) groups is 1. The number of amides is 1. The van der Waals surface area contributed by atoms with Gasteiger partial charge in [-0.2, -0.15) is 0 Å². The lowest BCUT2D eigenvalue weighted by atomic mass is 9.99. The number of likely N-dealkylation sites (tertiary alicyclic amines) is 1. The minimum Gasteiger partial charge on any atom is -0.436 e. The van der Waals surface area contributed by atoms with Crippen LogP contribution in [0.25, 0.3) is 0 Å². The number of carbonyl (C=O) groups excluding carboxylic acids is 1. The fraction of sp³-hybridized carbons (Fsp3) is 0.412. The summed E-state index contributed by atoms with van der Waals surface area (Å²) < 4.78 is 32.1. The van der Waals surface area contributed by atoms with Crippen LogP contribution in [0.3, 0.4) is 0 Å². The minimum atomic E-state index is -0.889. The number of halogens is 2. The number of benzene rings is 1. The van der Waals surface area contributed by atoms with Gasteiger partial charge in [-0.1, -0.05) is 6.07 Å². The van der Waals surface area contributed by atoms with Crippen molar-refractivity contribution in [3.63, 3.8) is 0 Å². The summed E-state index contributed by atoms with van der Waals surface area (Å²) in [6.45, 7) is 4.12. The van der Waals surface area contributed by atoms with E-state index in [0.29, 0.717) is 23.6 Å². The van der Waals surface area contributed by atoms with Gasteiger partial charge in [0.15, 0.2) is 17.5 Å². The third-order valence-electron chi connectivity index (χ3n) is 4.36. The zero-order valence-electron chi connectivity index (χ0n) is 13.8. The number of likely N-dealkylation sites (N-methyl/N-ethyl adjacent to an activating group) is 1. The van der Waals surface area contributed by atoms with Gasteiger partial charge in [0, 0.05) is 13.5 Å². The summed E-state index contributed by atoms with van der Waals surface area (Å²) in [5.41, 5.74) is 1.16. The van der Waals surface area contributed by atoms with Crippen LogP contribution in [0.2, 0.25) is 0 Å². The third-order valence-corrected chi connectivity index (χ3v) is 4.36. The molecule has 24 heavy (non-hydrogen) atoms. The molecule has 1 N–H and O–H groups in total. The lowest BCUT2D eigenvalue weighted by Crippen LogP contribution is -2.39. The molecular formula is C17H19F2N3O2. The first-order valence-electron chi connectivity index (χ1n) is 7.77. The van der Waals surface area contributed by atoms with E-state index in [1.54, 1.807) is 19.9 Å². The molecule has 1 saturated heterocycles. The van der Waals surface area contributed by atoms with Gasteiger partial charge in [0.25, 0.3) is 5.91 Å². The van der Waals surface area contributed by atoms with Gasteiger partial charge in [-0.15, -0.1) is 0 Å². The monoisotopic (exact) mass is 335 g/mol. The van der Waals surface area contributed by atoms with Gasteiger partial charge in [-0.3, -0.25) is 9.69 Å². The molecule has 1 fully saturated rings. The Morgan fingerprint density at radius 3 is 2.71 bits per heavy atom. The molecule has 0 bridgehead atoms. The van der Waals surface area contributed by atoms with Crippen LogP contribution < -0.4 is 5.32 Å². The Labute approximate surface area is 138 Å². The van der Waals surface area contributed by atoms with Crippen LogP contribution in [-0.2, 0) is 0 Å². The van der Waals surface area contributed by atoms with Crippen molar-refractivity contribution >= 4 is 5.91 Å². The molecule has 0 saturated carbocycles. The second kappa shape index (κ2) is 6.32. The SMILES string of the molecule is Cc1nc(C)c(C(=O)N[C@H]2CCN(C)[C@@H]2c2ccc(F)c(F)c2)o1. The maximum atomic E-state index is 13.6. The highest BCUT2D eigenvalue weighted by atomic mass is 19.2. The zero-order chi connectivity index (χ0) is 17.4. The van der Waals surface area contributed by atoms with Gasteiger partial charge in [0.2, 0.25) is 5.76 Å². The molecule has 1 aromatic carbocycles. The predicted octanol–water partition coefficient (Wildman–Crippen LogP) is 2.74. The van der Waals surface area contributed by atoms with Crippen LogP contribution in [0.5, 0.6) is 0 Å². The van der Waals surface area contributed by atoms with Crippen molar-refractivity contribution in [3.8, 4) is 0 Å². The second-order valence-electron chi connectivity index (χ2n) is 6.12. The second-order valence-corrected chi connectivity index (χ2v) is 6.12. The number of nitrogens with zero attached hydrogens (tertiary/aromatic N) is 2. The highest BCUT2D eigenvalue weighted by Crippen LogP contribution is 2.32. The number of oxazole rings is 1. The van der Waals surface area contributed by atoms with Crippen molar-refractivity contribution in [3.05, 3.63) is 52.7 Å². The van der Waals surface area contributed by atoms with E-state index in [1.807, 2.05) is 11.9 Å². The quantitative estimate of drug-likeness (QED) is 0.937. The fourth-order valence-corrected chi connectivity index (χ4v) is 3.26. The lowest BCUT2D eigenvalue weighted by Gasteiger charge is -2.26. The first-order chi connectivity index (χ1) is 11.4. The molecule has 0 unspecified atom stereocenters. The summed E-state index contributed by atoms with van der Waals surface area (Å²) in [4.78, 5) is 18.5. The predicted molar refractivity (Wildman–Crippen MR) is 83.6 cm³/mol. The maximum Gasteiger partial charge on any atom is 0.289 e. The molecule has 1 aliphatic rings. The van der Waals surface area contributed by atoms with Crippen molar-refractivity contribution in [2.45, 2.75) is 32.4 Å². The van der Waals surface area contributed by atoms with E-state index in [4.69, 9.17) is 4.42 Å². The first kappa shape index (κ1) is 16.6. The molecule has 7 heteroatoms. The van der Waals surface area contributed by atoms with Gasteiger partial charge in [-0.25, -0.2) is 13.8 Å². The largest absolute Gasteiger partial charge is 0.436 e. The van der Waals surface area contributed by atoms with E-state index in [2.05, 4.69) is 10.3 Å². The summed E-state index contributed by atoms with van der Waals surface area (Å²) in [7, 11) is 1.89. The molecule has 3 rings (SSSR count). The van der Waals surface area contributed by atoms with E-state index in [9.17, 15) is 13.6 Å². The Morgan fingerprint density at radius 1 is 1.33 bits per heavy atom. The molecule has 2 aromatic rings. The van der Waals surface area contributed by atoms with E-state index in [1.165, 1.54) is 6.07 Å². The molecule has 1 aromatic heterocycles. The van der Waals surface area contributed by atoms with E-state index < -0.39 is 11.6 Å². The van der Waals surface area contributed by atoms with Crippen molar-refractivity contribution in [1.82, 2.24) is 15.2 Å². The van der Waals surface area contributed by atoms with Crippen molar-refractivity contribution in [2.75, 3.05) is 13.6 Å². The maximum absolute atomic E-state index is 13.6. The highest BCUT2D eigenvalue weighted by Gasteiger charge is 2.35. The van der Waals surface area contributed by atoms with Crippen LogP contribution in [0.4, 0.5) is 8.78 Å². The van der Waals surface area contributed by atoms with Crippen molar-refractivity contribution in [2.24, 2.45) is 0 Å². The van der Waals surface area contributed by atoms with E-state index in [-0.39, 0.29) is 23.8 Å². The standard InChI is InChI=1S/C17H19F2N3O2/c1-9-16(24-10(2)20-9)17(23)21-14-6-7-22(3)15(14)11-4-5-12(18)13(19)8-11/h4-5,8,14-15H,6-7H2,1-3H3,(H,21,23)/t14-,15+/m0/s1. The summed E-state index contributed by atoms with van der Waals surface area (Å²) in [6, 6.07) is 3.39. The van der Waals surface area contributed by atoms with Crippen molar-refractivity contribution in [1.29, 1.82) is 0 Å². The number of hydrogen-bond donors (Lipinski definition) is 1. The van der Waals surface area contributed by atoms with Gasteiger partial charge >= 0.3 is 0 Å². The van der Waals surface area contributed by atoms with Crippen LogP contribution in [0.15, 0.2) is 22.6 Å². The molecule has 2 atom stereocenters. The molecular weight excluding hydrogens is 316 g/mol. The minimum absolute atomic E-state index is 0.186. The zero-order valence-corrected chi connectivity index (χ0v) is 13.8. The molecule has 0 spiro atoms. The summed E-state index contributed by atoms with van der Waals surface area (Å²) >= 11 is 0. The Bertz CT molecular complexity index is 775. The smallest absolute Gasteiger partial charge is 0.289 e. The Balaban J connectivity index is 1.82. The summed E-state index contributed by atoms with van der Waals surface area (Å²) in [5, 5.41) is 2.93. The van der Waals surface area contributed by atoms with Gasteiger partial charge in [-0.05, 0) is 38.1 Å². The number of hydrogen-bond acceptors (Lipinski definition) is 4. The summed E-state index contributed by atoms with van der Waals surface area (Å²) in [6.07, 6.45) is 0.706. The Hall–Kier alpha value is -2.28. The van der Waals surface area contributed by atoms with Crippen LogP contribution in [-0.4, -0.2) is 35.4 Å². The number of nitrogens with one attached hydrogen (secondary N) is 1. The molecule has 5 nitrogen and oxygen atoms in total. The van der Waals surface area contributed by atoms with Crippen molar-refractivity contribution < 1.29 is 18.0 Å². The van der Waals surface area contributed by atoms with E-state index in [0.717, 1.165) is 12.6 Å². The highest BCUT2D eigenvalue weighted by molar-refractivity contribution is 5.92. The molecule has 128 valence electrons. The molecule has 0 aliphatic carbocycles. The van der Waals surface area contributed by atoms with Gasteiger partial charge in [0.05, 0.1) is 17.8 Å². The van der Waals surface area contributed by atoms with Crippen LogP contribution >= 0.6 is 0 Å². The Kier molecular flexibility index (Phi) is 4.36. The normalized spacial score (nSPS) is 21.2. The van der Waals surface area contributed by atoms with E-state index >= 15 is 0 Å². The van der Waals surface area contributed by atoms with Crippen LogP contribution in [0, 0.1) is 25.5 Å². The van der Waals surface area contributed by atoms with Gasteiger partial charge < -0.3 is 9.73 Å². The number of aromatic nitrogens is 1. The molecule has 0 radical (unpaired) electrons. The first-order valence-corrected chi connectivity index (χ1v) is 7.77.